The van der Waals surface area contributed by atoms with Crippen molar-refractivity contribution < 1.29 is 9.32 Å². The lowest BCUT2D eigenvalue weighted by atomic mass is 10.3. The van der Waals surface area contributed by atoms with Crippen LogP contribution in [-0.4, -0.2) is 31.9 Å². The van der Waals surface area contributed by atoms with Gasteiger partial charge >= 0.3 is 0 Å². The molecule has 0 spiro atoms. The molecule has 6 N–H and O–H groups in total. The molecule has 124 valence electrons. The highest BCUT2D eigenvalue weighted by Gasteiger charge is 2.08. The SMILES string of the molecule is Cc1cnc(Nc2ccc(S(=N)(N)=O)cc2)nc1N[C@H](C)CO. The van der Waals surface area contributed by atoms with Crippen LogP contribution < -0.4 is 15.8 Å². The van der Waals surface area contributed by atoms with Crippen LogP contribution in [0, 0.1) is 11.7 Å². The fourth-order valence-corrected chi connectivity index (χ4v) is 2.34. The third-order valence-corrected chi connectivity index (χ3v) is 4.06. The quantitative estimate of drug-likeness (QED) is 0.543. The summed E-state index contributed by atoms with van der Waals surface area (Å²) < 4.78 is 18.8. The first-order chi connectivity index (χ1) is 10.8. The minimum absolute atomic E-state index is 0.000835. The molecule has 0 saturated carbocycles. The van der Waals surface area contributed by atoms with Gasteiger partial charge in [-0.3, -0.25) is 0 Å². The van der Waals surface area contributed by atoms with Crippen molar-refractivity contribution >= 4 is 27.4 Å². The normalized spacial score (nSPS) is 14.8. The molecule has 0 saturated heterocycles. The largest absolute Gasteiger partial charge is 0.394 e. The predicted molar refractivity (Wildman–Crippen MR) is 90.0 cm³/mol. The predicted octanol–water partition coefficient (Wildman–Crippen LogP) is 1.60. The zero-order chi connectivity index (χ0) is 17.0. The van der Waals surface area contributed by atoms with E-state index in [0.29, 0.717) is 17.5 Å². The number of nitrogens with one attached hydrogen (secondary N) is 3. The molecule has 9 heteroatoms. The van der Waals surface area contributed by atoms with Crippen LogP contribution in [0.1, 0.15) is 12.5 Å². The Bertz CT molecular complexity index is 776. The molecule has 0 aliphatic rings. The molecule has 1 unspecified atom stereocenters. The Balaban J connectivity index is 2.18. The Morgan fingerprint density at radius 1 is 1.39 bits per heavy atom. The summed E-state index contributed by atoms with van der Waals surface area (Å²) in [6, 6.07) is 6.24. The number of hydrogen-bond donors (Lipinski definition) is 5. The zero-order valence-corrected chi connectivity index (χ0v) is 13.7. The number of aryl methyl sites for hydroxylation is 1. The number of rotatable bonds is 6. The number of hydrogen-bond acceptors (Lipinski definition) is 7. The molecule has 2 rings (SSSR count). The average Bonchev–Trinajstić information content (AvgIpc) is 2.50. The van der Waals surface area contributed by atoms with Crippen molar-refractivity contribution in [2.75, 3.05) is 17.2 Å². The molecule has 0 amide bonds. The van der Waals surface area contributed by atoms with Gasteiger partial charge in [-0.05, 0) is 38.1 Å². The molecule has 1 aromatic carbocycles. The average molecular weight is 336 g/mol. The third-order valence-electron chi connectivity index (χ3n) is 3.09. The van der Waals surface area contributed by atoms with Gasteiger partial charge in [0, 0.05) is 23.5 Å². The molecule has 1 heterocycles. The number of aliphatic hydroxyl groups is 1. The minimum atomic E-state index is -3.21. The summed E-state index contributed by atoms with van der Waals surface area (Å²) in [7, 11) is -3.21. The zero-order valence-electron chi connectivity index (χ0n) is 12.9. The van der Waals surface area contributed by atoms with E-state index in [9.17, 15) is 4.21 Å². The molecule has 0 aliphatic heterocycles. The highest BCUT2D eigenvalue weighted by atomic mass is 32.2. The van der Waals surface area contributed by atoms with E-state index in [1.54, 1.807) is 18.3 Å². The second-order valence-electron chi connectivity index (χ2n) is 5.20. The Kier molecular flexibility index (Phi) is 5.14. The third kappa shape index (κ3) is 4.62. The number of anilines is 3. The molecule has 23 heavy (non-hydrogen) atoms. The highest BCUT2D eigenvalue weighted by molar-refractivity contribution is 7.90. The van der Waals surface area contributed by atoms with E-state index >= 15 is 0 Å². The van der Waals surface area contributed by atoms with Crippen molar-refractivity contribution in [2.45, 2.75) is 24.8 Å². The summed E-state index contributed by atoms with van der Waals surface area (Å²) in [5, 5.41) is 20.5. The molecule has 0 bridgehead atoms. The van der Waals surface area contributed by atoms with E-state index in [0.717, 1.165) is 5.56 Å². The van der Waals surface area contributed by atoms with Crippen molar-refractivity contribution in [1.29, 1.82) is 4.78 Å². The lowest BCUT2D eigenvalue weighted by Crippen LogP contribution is -2.21. The van der Waals surface area contributed by atoms with Crippen LogP contribution in [0.15, 0.2) is 35.4 Å². The van der Waals surface area contributed by atoms with E-state index in [2.05, 4.69) is 20.6 Å². The summed E-state index contributed by atoms with van der Waals surface area (Å²) in [5.41, 5.74) is 1.55. The second kappa shape index (κ2) is 6.90. The van der Waals surface area contributed by atoms with Gasteiger partial charge in [0.1, 0.15) is 15.7 Å². The fourth-order valence-electron chi connectivity index (χ4n) is 1.80. The standard InChI is InChI=1S/C14H20N6O2S/c1-9-7-17-14(20-13(9)18-10(2)8-21)19-11-3-5-12(6-4-11)23(15,16)22/h3-7,10,21H,8H2,1-2H3,(H3,15,16,22)(H2,17,18,19,20)/t10-/m1/s1. The summed E-state index contributed by atoms with van der Waals surface area (Å²) in [6.07, 6.45) is 1.67. The molecule has 1 aromatic heterocycles. The first kappa shape index (κ1) is 17.1. The summed E-state index contributed by atoms with van der Waals surface area (Å²) in [6.45, 7) is 3.72. The molecule has 2 atom stereocenters. The van der Waals surface area contributed by atoms with Crippen molar-refractivity contribution in [3.63, 3.8) is 0 Å². The molecule has 2 aromatic rings. The van der Waals surface area contributed by atoms with Crippen LogP contribution in [0.3, 0.4) is 0 Å². The van der Waals surface area contributed by atoms with E-state index < -0.39 is 9.92 Å². The fraction of sp³-hybridized carbons (Fsp3) is 0.286. The molecular formula is C14H20N6O2S. The maximum Gasteiger partial charge on any atom is 0.229 e. The van der Waals surface area contributed by atoms with Gasteiger partial charge in [-0.2, -0.15) is 4.98 Å². The number of aromatic nitrogens is 2. The number of aliphatic hydroxyl groups excluding tert-OH is 1. The van der Waals surface area contributed by atoms with Crippen molar-refractivity contribution in [2.24, 2.45) is 5.14 Å². The van der Waals surface area contributed by atoms with Crippen LogP contribution in [0.4, 0.5) is 17.5 Å². The van der Waals surface area contributed by atoms with E-state index in [1.165, 1.54) is 12.1 Å². The first-order valence-corrected chi connectivity index (χ1v) is 8.56. The Labute approximate surface area is 135 Å². The molecule has 0 radical (unpaired) electrons. The Morgan fingerprint density at radius 2 is 2.04 bits per heavy atom. The van der Waals surface area contributed by atoms with Gasteiger partial charge in [-0.1, -0.05) is 0 Å². The number of nitrogens with two attached hydrogens (primary N) is 1. The Hall–Kier alpha value is -2.23. The van der Waals surface area contributed by atoms with Gasteiger partial charge in [0.15, 0.2) is 0 Å². The minimum Gasteiger partial charge on any atom is -0.394 e. The van der Waals surface area contributed by atoms with Crippen LogP contribution in [-0.2, 0) is 9.92 Å². The number of nitrogens with zero attached hydrogens (tertiary/aromatic N) is 2. The van der Waals surface area contributed by atoms with Crippen molar-refractivity contribution in [3.8, 4) is 0 Å². The Morgan fingerprint density at radius 3 is 2.61 bits per heavy atom. The lowest BCUT2D eigenvalue weighted by Gasteiger charge is -2.14. The molecular weight excluding hydrogens is 316 g/mol. The molecule has 0 fully saturated rings. The lowest BCUT2D eigenvalue weighted by molar-refractivity contribution is 0.281. The van der Waals surface area contributed by atoms with Gasteiger partial charge in [0.2, 0.25) is 5.95 Å². The van der Waals surface area contributed by atoms with Gasteiger partial charge in [0.25, 0.3) is 0 Å². The second-order valence-corrected chi connectivity index (χ2v) is 6.88. The van der Waals surface area contributed by atoms with Crippen LogP contribution >= 0.6 is 0 Å². The van der Waals surface area contributed by atoms with Gasteiger partial charge in [-0.15, -0.1) is 0 Å². The van der Waals surface area contributed by atoms with Gasteiger partial charge in [0.05, 0.1) is 11.5 Å². The highest BCUT2D eigenvalue weighted by Crippen LogP contribution is 2.19. The van der Waals surface area contributed by atoms with E-state index in [4.69, 9.17) is 15.0 Å². The van der Waals surface area contributed by atoms with Gasteiger partial charge < -0.3 is 15.7 Å². The summed E-state index contributed by atoms with van der Waals surface area (Å²) in [5.74, 6) is 1.02. The number of benzene rings is 1. The maximum atomic E-state index is 11.4. The smallest absolute Gasteiger partial charge is 0.229 e. The van der Waals surface area contributed by atoms with E-state index in [-0.39, 0.29) is 17.5 Å². The monoisotopic (exact) mass is 336 g/mol. The molecule has 8 nitrogen and oxygen atoms in total. The summed E-state index contributed by atoms with van der Waals surface area (Å²) >= 11 is 0. The van der Waals surface area contributed by atoms with Crippen molar-refractivity contribution in [1.82, 2.24) is 9.97 Å². The van der Waals surface area contributed by atoms with Crippen molar-refractivity contribution in [3.05, 3.63) is 36.0 Å². The van der Waals surface area contributed by atoms with Crippen LogP contribution in [0.25, 0.3) is 0 Å². The summed E-state index contributed by atoms with van der Waals surface area (Å²) in [4.78, 5) is 8.82. The maximum absolute atomic E-state index is 11.4. The van der Waals surface area contributed by atoms with Crippen LogP contribution in [0.2, 0.25) is 0 Å². The molecule has 0 aliphatic carbocycles. The first-order valence-electron chi connectivity index (χ1n) is 6.94. The van der Waals surface area contributed by atoms with Crippen LogP contribution in [0.5, 0.6) is 0 Å². The van der Waals surface area contributed by atoms with E-state index in [1.807, 2.05) is 13.8 Å². The van der Waals surface area contributed by atoms with Gasteiger partial charge in [-0.25, -0.2) is 19.1 Å². The topological polar surface area (TPSA) is 137 Å².